The molecule has 1 aromatic carbocycles. The summed E-state index contributed by atoms with van der Waals surface area (Å²) in [6.45, 7) is 6.54. The second-order valence-corrected chi connectivity index (χ2v) is 3.88. The fraction of sp³-hybridized carbons (Fsp3) is 0.133. The molecule has 0 amide bonds. The number of ether oxygens (including phenoxy) is 1. The highest BCUT2D eigenvalue weighted by molar-refractivity contribution is 5.94. The standard InChI is InChI=1S/C15H15NO4/c1-4-6-14(16(18)19)15(5-2)20-13-9-7-12(8-10-13)11(3)17/h4-10H,1H2,2-3H3/b14-6+,15-5+. The fourth-order valence-electron chi connectivity index (χ4n) is 1.49. The predicted molar refractivity (Wildman–Crippen MR) is 76.1 cm³/mol. The molecule has 1 rings (SSSR count). The van der Waals surface area contributed by atoms with Gasteiger partial charge in [0.1, 0.15) is 5.75 Å². The number of hydrogen-bond donors (Lipinski definition) is 0. The number of allylic oxidation sites excluding steroid dienone is 3. The third-order valence-corrected chi connectivity index (χ3v) is 2.48. The van der Waals surface area contributed by atoms with Crippen LogP contribution in [0.2, 0.25) is 0 Å². The van der Waals surface area contributed by atoms with Gasteiger partial charge in [0.05, 0.1) is 4.92 Å². The summed E-state index contributed by atoms with van der Waals surface area (Å²) in [6, 6.07) is 6.39. The monoisotopic (exact) mass is 273 g/mol. The molecule has 1 aromatic rings. The summed E-state index contributed by atoms with van der Waals surface area (Å²) in [5, 5.41) is 10.9. The van der Waals surface area contributed by atoms with Gasteiger partial charge in [-0.15, -0.1) is 0 Å². The average Bonchev–Trinajstić information content (AvgIpc) is 2.42. The number of nitrogens with zero attached hydrogens (tertiary/aromatic N) is 1. The molecule has 0 saturated heterocycles. The highest BCUT2D eigenvalue weighted by Gasteiger charge is 2.18. The number of rotatable bonds is 6. The maximum atomic E-state index is 11.2. The van der Waals surface area contributed by atoms with Crippen molar-refractivity contribution in [2.75, 3.05) is 0 Å². The Bertz CT molecular complexity index is 582. The Morgan fingerprint density at radius 1 is 1.35 bits per heavy atom. The Balaban J connectivity index is 2.99. The van der Waals surface area contributed by atoms with Gasteiger partial charge >= 0.3 is 5.70 Å². The molecule has 104 valence electrons. The quantitative estimate of drug-likeness (QED) is 0.261. The third-order valence-electron chi connectivity index (χ3n) is 2.48. The van der Waals surface area contributed by atoms with Crippen LogP contribution in [0.15, 0.2) is 60.5 Å². The van der Waals surface area contributed by atoms with E-state index >= 15 is 0 Å². The number of hydrogen-bond acceptors (Lipinski definition) is 4. The Morgan fingerprint density at radius 3 is 2.35 bits per heavy atom. The van der Waals surface area contributed by atoms with Crippen LogP contribution in [-0.4, -0.2) is 10.7 Å². The van der Waals surface area contributed by atoms with Crippen LogP contribution in [0.1, 0.15) is 24.2 Å². The van der Waals surface area contributed by atoms with Crippen LogP contribution in [0.25, 0.3) is 0 Å². The first-order valence-corrected chi connectivity index (χ1v) is 5.92. The number of nitro groups is 1. The maximum absolute atomic E-state index is 11.2. The van der Waals surface area contributed by atoms with Crippen LogP contribution in [0.4, 0.5) is 0 Å². The highest BCUT2D eigenvalue weighted by Crippen LogP contribution is 2.20. The van der Waals surface area contributed by atoms with E-state index in [1.807, 2.05) is 0 Å². The molecule has 0 heterocycles. The van der Waals surface area contributed by atoms with E-state index in [9.17, 15) is 14.9 Å². The molecule has 0 saturated carbocycles. The molecule has 0 N–H and O–H groups in total. The molecular formula is C15H15NO4. The second-order valence-electron chi connectivity index (χ2n) is 3.88. The summed E-state index contributed by atoms with van der Waals surface area (Å²) in [5.74, 6) is 0.478. The summed E-state index contributed by atoms with van der Waals surface area (Å²) in [5.41, 5.74) is 0.369. The molecule has 0 aromatic heterocycles. The number of ketones is 1. The maximum Gasteiger partial charge on any atom is 0.311 e. The smallest absolute Gasteiger partial charge is 0.311 e. The Labute approximate surface area is 117 Å². The molecule has 0 radical (unpaired) electrons. The summed E-state index contributed by atoms with van der Waals surface area (Å²) in [6.07, 6.45) is 4.08. The number of benzene rings is 1. The Morgan fingerprint density at radius 2 is 1.95 bits per heavy atom. The summed E-state index contributed by atoms with van der Waals surface area (Å²) in [7, 11) is 0. The van der Waals surface area contributed by atoms with Gasteiger partial charge in [0.15, 0.2) is 11.5 Å². The molecule has 0 unspecified atom stereocenters. The molecule has 0 aliphatic rings. The number of Topliss-reactive ketones (excluding diaryl/α,β-unsaturated/α-hetero) is 1. The van der Waals surface area contributed by atoms with Gasteiger partial charge in [-0.05, 0) is 44.2 Å². The topological polar surface area (TPSA) is 69.4 Å². The van der Waals surface area contributed by atoms with Crippen molar-refractivity contribution in [1.29, 1.82) is 0 Å². The van der Waals surface area contributed by atoms with E-state index < -0.39 is 4.92 Å². The van der Waals surface area contributed by atoms with E-state index in [1.54, 1.807) is 31.2 Å². The first kappa shape index (κ1) is 15.4. The average molecular weight is 273 g/mol. The van der Waals surface area contributed by atoms with Gasteiger partial charge in [0.25, 0.3) is 0 Å². The predicted octanol–water partition coefficient (Wildman–Crippen LogP) is 3.52. The van der Waals surface area contributed by atoms with Gasteiger partial charge in [-0.1, -0.05) is 12.7 Å². The minimum Gasteiger partial charge on any atom is -0.450 e. The molecule has 20 heavy (non-hydrogen) atoms. The van der Waals surface area contributed by atoms with Crippen LogP contribution in [0, 0.1) is 10.1 Å². The second kappa shape index (κ2) is 7.04. The lowest BCUT2D eigenvalue weighted by atomic mass is 10.1. The van der Waals surface area contributed by atoms with Crippen molar-refractivity contribution in [3.8, 4) is 5.75 Å². The van der Waals surface area contributed by atoms with Gasteiger partial charge in [0.2, 0.25) is 0 Å². The summed E-state index contributed by atoms with van der Waals surface area (Å²) < 4.78 is 5.47. The van der Waals surface area contributed by atoms with E-state index in [1.165, 1.54) is 25.2 Å². The van der Waals surface area contributed by atoms with Crippen LogP contribution in [0.3, 0.4) is 0 Å². The van der Waals surface area contributed by atoms with Crippen molar-refractivity contribution in [3.63, 3.8) is 0 Å². The first-order valence-electron chi connectivity index (χ1n) is 5.92. The zero-order valence-corrected chi connectivity index (χ0v) is 11.3. The van der Waals surface area contributed by atoms with Gasteiger partial charge < -0.3 is 4.74 Å². The molecule has 5 heteroatoms. The van der Waals surface area contributed by atoms with Crippen molar-refractivity contribution < 1.29 is 14.5 Å². The molecule has 0 aliphatic carbocycles. The molecule has 0 aliphatic heterocycles. The lowest BCUT2D eigenvalue weighted by Gasteiger charge is -2.07. The zero-order valence-electron chi connectivity index (χ0n) is 11.3. The number of carbonyl (C=O) groups is 1. The van der Waals surface area contributed by atoms with Crippen LogP contribution in [0.5, 0.6) is 5.75 Å². The largest absolute Gasteiger partial charge is 0.450 e. The Kier molecular flexibility index (Phi) is 5.41. The fourth-order valence-corrected chi connectivity index (χ4v) is 1.49. The van der Waals surface area contributed by atoms with E-state index in [0.717, 1.165) is 0 Å². The van der Waals surface area contributed by atoms with Gasteiger partial charge in [-0.25, -0.2) is 0 Å². The SMILES string of the molecule is C=C/C=C(\C(=C/C)Oc1ccc(C(C)=O)cc1)[N+](=O)[O-]. The summed E-state index contributed by atoms with van der Waals surface area (Å²) >= 11 is 0. The molecule has 0 atom stereocenters. The molecule has 5 nitrogen and oxygen atoms in total. The van der Waals surface area contributed by atoms with Gasteiger partial charge in [-0.2, -0.15) is 0 Å². The number of carbonyl (C=O) groups excluding carboxylic acids is 1. The molecule has 0 fully saturated rings. The van der Waals surface area contributed by atoms with Crippen LogP contribution in [-0.2, 0) is 0 Å². The minimum atomic E-state index is -0.541. The van der Waals surface area contributed by atoms with Gasteiger partial charge in [-0.3, -0.25) is 14.9 Å². The lowest BCUT2D eigenvalue weighted by Crippen LogP contribution is -2.07. The molecular weight excluding hydrogens is 258 g/mol. The van der Waals surface area contributed by atoms with E-state index in [2.05, 4.69) is 6.58 Å². The van der Waals surface area contributed by atoms with Crippen molar-refractivity contribution in [3.05, 3.63) is 76.2 Å². The van der Waals surface area contributed by atoms with Crippen molar-refractivity contribution in [2.24, 2.45) is 0 Å². The lowest BCUT2D eigenvalue weighted by molar-refractivity contribution is -0.423. The highest BCUT2D eigenvalue weighted by atomic mass is 16.6. The zero-order chi connectivity index (χ0) is 15.1. The van der Waals surface area contributed by atoms with E-state index in [-0.39, 0.29) is 17.2 Å². The van der Waals surface area contributed by atoms with Crippen molar-refractivity contribution in [1.82, 2.24) is 0 Å². The van der Waals surface area contributed by atoms with Crippen LogP contribution >= 0.6 is 0 Å². The van der Waals surface area contributed by atoms with Gasteiger partial charge in [0, 0.05) is 11.6 Å². The summed E-state index contributed by atoms with van der Waals surface area (Å²) in [4.78, 5) is 21.6. The normalized spacial score (nSPS) is 11.9. The van der Waals surface area contributed by atoms with Crippen molar-refractivity contribution in [2.45, 2.75) is 13.8 Å². The molecule has 0 spiro atoms. The third kappa shape index (κ3) is 3.91. The molecule has 0 bridgehead atoms. The van der Waals surface area contributed by atoms with Crippen LogP contribution < -0.4 is 4.74 Å². The Hall–Kier alpha value is -2.69. The first-order chi connectivity index (χ1) is 9.49. The van der Waals surface area contributed by atoms with E-state index in [4.69, 9.17) is 4.74 Å². The van der Waals surface area contributed by atoms with Crippen molar-refractivity contribution >= 4 is 5.78 Å². The van der Waals surface area contributed by atoms with E-state index in [0.29, 0.717) is 11.3 Å². The minimum absolute atomic E-state index is 0.0552.